The highest BCUT2D eigenvalue weighted by Crippen LogP contribution is 2.41. The number of nitrogens with one attached hydrogen (secondary N) is 3. The van der Waals surface area contributed by atoms with Crippen LogP contribution in [0.1, 0.15) is 52.4 Å². The number of anilines is 2. The number of halogens is 1. The minimum absolute atomic E-state index is 0.0940. The Bertz CT molecular complexity index is 1350. The molecule has 0 saturated carbocycles. The molecule has 1 aliphatic heterocycles. The van der Waals surface area contributed by atoms with Crippen LogP contribution in [-0.2, 0) is 13.9 Å². The van der Waals surface area contributed by atoms with E-state index in [9.17, 15) is 19.1 Å². The molecule has 1 amide bonds. The quantitative estimate of drug-likeness (QED) is 0.156. The second-order valence-corrected chi connectivity index (χ2v) is 12.3. The lowest BCUT2D eigenvalue weighted by atomic mass is 10.0. The Kier molecular flexibility index (Phi) is 11.4. The van der Waals surface area contributed by atoms with Crippen LogP contribution in [0.2, 0.25) is 5.02 Å². The van der Waals surface area contributed by atoms with Crippen molar-refractivity contribution < 1.29 is 23.7 Å². The van der Waals surface area contributed by atoms with E-state index in [1.54, 1.807) is 31.2 Å². The highest BCUT2D eigenvalue weighted by Gasteiger charge is 2.25. The number of rotatable bonds is 12. The van der Waals surface area contributed by atoms with Gasteiger partial charge in [-0.1, -0.05) is 43.7 Å². The Balaban J connectivity index is 1.41. The number of carbonyl (C=O) groups is 1. The van der Waals surface area contributed by atoms with Crippen LogP contribution in [0, 0.1) is 5.92 Å². The summed E-state index contributed by atoms with van der Waals surface area (Å²) in [7, 11) is -4.73. The summed E-state index contributed by atoms with van der Waals surface area (Å²) in [4.78, 5) is 42.2. The maximum atomic E-state index is 11.8. The molecule has 2 aromatic rings. The molecule has 1 aromatic heterocycles. The van der Waals surface area contributed by atoms with Gasteiger partial charge in [0.2, 0.25) is 11.9 Å². The van der Waals surface area contributed by atoms with Crippen LogP contribution in [0.4, 0.5) is 11.6 Å². The van der Waals surface area contributed by atoms with Crippen molar-refractivity contribution in [2.75, 3.05) is 36.8 Å². The van der Waals surface area contributed by atoms with Crippen LogP contribution in [0.3, 0.4) is 0 Å². The lowest BCUT2D eigenvalue weighted by molar-refractivity contribution is -0.115. The molecule has 5 N–H and O–H groups in total. The lowest BCUT2D eigenvalue weighted by Crippen LogP contribution is -2.31. The zero-order valence-electron chi connectivity index (χ0n) is 24.1. The van der Waals surface area contributed by atoms with Gasteiger partial charge in [0, 0.05) is 30.6 Å². The van der Waals surface area contributed by atoms with E-state index in [0.717, 1.165) is 37.5 Å². The van der Waals surface area contributed by atoms with Crippen molar-refractivity contribution in [3.05, 3.63) is 59.1 Å². The van der Waals surface area contributed by atoms with Gasteiger partial charge in [-0.2, -0.15) is 0 Å². The summed E-state index contributed by atoms with van der Waals surface area (Å²) in [6, 6.07) is 6.99. The average Bonchev–Trinajstić information content (AvgIpc) is 3.16. The molecule has 0 spiro atoms. The van der Waals surface area contributed by atoms with E-state index >= 15 is 0 Å². The van der Waals surface area contributed by atoms with E-state index in [2.05, 4.69) is 37.7 Å². The fourth-order valence-corrected chi connectivity index (χ4v) is 5.68. The smallest absolute Gasteiger partial charge is 0.402 e. The van der Waals surface area contributed by atoms with Crippen LogP contribution < -0.4 is 16.0 Å². The Morgan fingerprint density at radius 3 is 2.88 bits per heavy atom. The highest BCUT2D eigenvalue weighted by atomic mass is 35.5. The van der Waals surface area contributed by atoms with Crippen LogP contribution in [0.15, 0.2) is 54.1 Å². The van der Waals surface area contributed by atoms with Gasteiger partial charge >= 0.3 is 7.82 Å². The molecular formula is C29H40ClN6O5P. The van der Waals surface area contributed by atoms with E-state index in [4.69, 9.17) is 16.1 Å². The number of likely N-dealkylation sites (tertiary alicyclic amines) is 1. The maximum absolute atomic E-state index is 11.8. The summed E-state index contributed by atoms with van der Waals surface area (Å²) >= 11 is 6.44. The van der Waals surface area contributed by atoms with Crippen molar-refractivity contribution >= 4 is 37.0 Å². The predicted octanol–water partition coefficient (Wildman–Crippen LogP) is 5.31. The number of nitrogens with zero attached hydrogens (tertiary/aromatic N) is 3. The topological polar surface area (TPSA) is 149 Å². The molecule has 2 unspecified atom stereocenters. The third kappa shape index (κ3) is 9.81. The lowest BCUT2D eigenvalue weighted by Gasteiger charge is -2.25. The zero-order valence-corrected chi connectivity index (χ0v) is 25.7. The summed E-state index contributed by atoms with van der Waals surface area (Å²) in [6.07, 6.45) is 10.2. The van der Waals surface area contributed by atoms with E-state index in [-0.39, 0.29) is 17.7 Å². The van der Waals surface area contributed by atoms with E-state index < -0.39 is 7.82 Å². The Morgan fingerprint density at radius 1 is 1.26 bits per heavy atom. The molecule has 2 atom stereocenters. The van der Waals surface area contributed by atoms with Gasteiger partial charge in [-0.25, -0.2) is 14.5 Å². The molecule has 1 fully saturated rings. The molecule has 2 aliphatic rings. The number of phosphoric acid groups is 1. The van der Waals surface area contributed by atoms with Gasteiger partial charge < -0.3 is 25.4 Å². The van der Waals surface area contributed by atoms with E-state index in [1.165, 1.54) is 25.5 Å². The van der Waals surface area contributed by atoms with E-state index in [1.807, 2.05) is 12.1 Å². The van der Waals surface area contributed by atoms with Gasteiger partial charge in [0.15, 0.2) is 0 Å². The first-order chi connectivity index (χ1) is 20.1. The van der Waals surface area contributed by atoms with E-state index in [0.29, 0.717) is 47.4 Å². The molecule has 0 radical (unpaired) electrons. The largest absolute Gasteiger partial charge is 0.524 e. The fraction of sp³-hybridized carbons (Fsp3) is 0.483. The molecule has 1 aromatic carbocycles. The number of hydrogen-bond donors (Lipinski definition) is 5. The summed E-state index contributed by atoms with van der Waals surface area (Å²) in [5.41, 5.74) is 2.46. The molecule has 0 bridgehead atoms. The number of amides is 1. The van der Waals surface area contributed by atoms with Crippen molar-refractivity contribution in [2.45, 2.75) is 58.4 Å². The van der Waals surface area contributed by atoms with Crippen molar-refractivity contribution in [3.8, 4) is 11.3 Å². The number of hydrogen-bond acceptors (Lipinski definition) is 8. The molecule has 228 valence electrons. The third-order valence-corrected chi connectivity index (χ3v) is 8.03. The Hall–Kier alpha value is -2.95. The summed E-state index contributed by atoms with van der Waals surface area (Å²) < 4.78 is 16.6. The number of aromatic nitrogens is 2. The third-order valence-electron chi connectivity index (χ3n) is 7.32. The minimum atomic E-state index is -4.73. The number of allylic oxidation sites excluding steroid dienone is 1. The normalized spacial score (nSPS) is 19.7. The molecule has 1 aliphatic carbocycles. The van der Waals surface area contributed by atoms with Gasteiger partial charge in [0.25, 0.3) is 0 Å². The molecule has 13 heteroatoms. The first-order valence-corrected chi connectivity index (χ1v) is 16.3. The Labute approximate surface area is 252 Å². The van der Waals surface area contributed by atoms with Crippen LogP contribution in [0.25, 0.3) is 11.3 Å². The van der Waals surface area contributed by atoms with Crippen molar-refractivity contribution in [3.63, 3.8) is 0 Å². The molecule has 1 saturated heterocycles. The van der Waals surface area contributed by atoms with Gasteiger partial charge in [0.1, 0.15) is 5.76 Å². The first-order valence-electron chi connectivity index (χ1n) is 14.4. The zero-order chi connectivity index (χ0) is 30.1. The SMILES string of the molecule is CCC(=O)Nc1cccc(-c2nc(NC3C=CC(OP(=O)(O)O)=C(NCCCN4CCCC(C)CC4)C3)ncc2Cl)c1. The highest BCUT2D eigenvalue weighted by molar-refractivity contribution is 7.46. The molecule has 4 rings (SSSR count). The first kappa shape index (κ1) is 32.0. The van der Waals surface area contributed by atoms with Gasteiger partial charge in [-0.05, 0) is 69.4 Å². The van der Waals surface area contributed by atoms with Crippen LogP contribution >= 0.6 is 19.4 Å². The predicted molar refractivity (Wildman–Crippen MR) is 165 cm³/mol. The van der Waals surface area contributed by atoms with Crippen LogP contribution in [-0.4, -0.2) is 62.8 Å². The van der Waals surface area contributed by atoms with Crippen LogP contribution in [0.5, 0.6) is 0 Å². The fourth-order valence-electron chi connectivity index (χ4n) is 5.05. The summed E-state index contributed by atoms with van der Waals surface area (Å²) in [5.74, 6) is 1.13. The molecule has 2 heterocycles. The summed E-state index contributed by atoms with van der Waals surface area (Å²) in [6.45, 7) is 7.91. The second kappa shape index (κ2) is 15.0. The van der Waals surface area contributed by atoms with Gasteiger partial charge in [-0.3, -0.25) is 14.6 Å². The van der Waals surface area contributed by atoms with Gasteiger partial charge in [0.05, 0.1) is 28.7 Å². The van der Waals surface area contributed by atoms with Crippen molar-refractivity contribution in [1.82, 2.24) is 20.2 Å². The number of carbonyl (C=O) groups excluding carboxylic acids is 1. The standard InChI is InChI=1S/C29H40ClN6O5P/c1-3-27(37)33-22-9-4-8-21(17-22)28-24(30)19-32-29(35-28)34-23-10-11-26(41-42(38,39)40)25(18-23)31-13-6-15-36-14-5-7-20(2)12-16-36/h4,8-11,17,19-20,23,31H,3,5-7,12-16,18H2,1-2H3,(H,33,37)(H,32,34,35)(H2,38,39,40). The average molecular weight is 619 g/mol. The number of benzene rings is 1. The number of phosphoric ester groups is 1. The molecule has 11 nitrogen and oxygen atoms in total. The Morgan fingerprint density at radius 2 is 2.10 bits per heavy atom. The van der Waals surface area contributed by atoms with Crippen molar-refractivity contribution in [1.29, 1.82) is 0 Å². The maximum Gasteiger partial charge on any atom is 0.524 e. The monoisotopic (exact) mass is 618 g/mol. The second-order valence-electron chi connectivity index (χ2n) is 10.8. The molecular weight excluding hydrogens is 579 g/mol. The minimum Gasteiger partial charge on any atom is -0.402 e. The van der Waals surface area contributed by atoms with Crippen molar-refractivity contribution in [2.24, 2.45) is 5.92 Å². The summed E-state index contributed by atoms with van der Waals surface area (Å²) in [5, 5.41) is 9.81. The molecule has 42 heavy (non-hydrogen) atoms. The van der Waals surface area contributed by atoms with Gasteiger partial charge in [-0.15, -0.1) is 0 Å².